The molecular weight excluding hydrogens is 380 g/mol. The molecule has 0 aliphatic carbocycles. The van der Waals surface area contributed by atoms with Crippen molar-refractivity contribution < 1.29 is 24.3 Å². The molecule has 7 nitrogen and oxygen atoms in total. The van der Waals surface area contributed by atoms with Crippen molar-refractivity contribution in [3.63, 3.8) is 0 Å². The van der Waals surface area contributed by atoms with Gasteiger partial charge in [-0.15, -0.1) is 0 Å². The molecule has 144 valence electrons. The van der Waals surface area contributed by atoms with Gasteiger partial charge >= 0.3 is 5.97 Å². The number of rotatable bonds is 7. The standard InChI is InChI=1S/C20H18N2O5S/c23-17(21-15(19(25)26)10-12-4-2-1-3-5-12)14-8-6-13(7-9-14)11-16-18(24)22-20(27)28-16/h1-9,15-16H,10-11H2,(H,21,23)(H,25,26)(H,22,24,27)/t15-,16?/m0/s1. The number of carbonyl (C=O) groups excluding carboxylic acids is 3. The lowest BCUT2D eigenvalue weighted by Crippen LogP contribution is -2.42. The van der Waals surface area contributed by atoms with Crippen LogP contribution in [-0.2, 0) is 22.4 Å². The van der Waals surface area contributed by atoms with E-state index in [1.54, 1.807) is 36.4 Å². The number of hydrogen-bond acceptors (Lipinski definition) is 5. The Labute approximate surface area is 165 Å². The van der Waals surface area contributed by atoms with Crippen molar-refractivity contribution in [2.24, 2.45) is 0 Å². The van der Waals surface area contributed by atoms with Gasteiger partial charge in [0.05, 0.1) is 5.25 Å². The van der Waals surface area contributed by atoms with Gasteiger partial charge in [0, 0.05) is 12.0 Å². The van der Waals surface area contributed by atoms with Crippen molar-refractivity contribution >= 4 is 34.8 Å². The highest BCUT2D eigenvalue weighted by molar-refractivity contribution is 8.15. The first kappa shape index (κ1) is 19.6. The number of imide groups is 1. The van der Waals surface area contributed by atoms with Crippen LogP contribution in [0.1, 0.15) is 21.5 Å². The zero-order valence-electron chi connectivity index (χ0n) is 14.8. The normalized spacial score (nSPS) is 17.1. The van der Waals surface area contributed by atoms with Crippen LogP contribution in [0.2, 0.25) is 0 Å². The maximum Gasteiger partial charge on any atom is 0.326 e. The summed E-state index contributed by atoms with van der Waals surface area (Å²) in [7, 11) is 0. The first-order chi connectivity index (χ1) is 13.4. The molecule has 3 rings (SSSR count). The Morgan fingerprint density at radius 3 is 2.29 bits per heavy atom. The number of amides is 3. The van der Waals surface area contributed by atoms with Crippen LogP contribution in [0.3, 0.4) is 0 Å². The van der Waals surface area contributed by atoms with Gasteiger partial charge in [-0.05, 0) is 29.7 Å². The molecule has 1 aliphatic heterocycles. The number of nitrogens with one attached hydrogen (secondary N) is 2. The maximum atomic E-state index is 12.4. The van der Waals surface area contributed by atoms with Crippen LogP contribution >= 0.6 is 11.8 Å². The van der Waals surface area contributed by atoms with E-state index in [-0.39, 0.29) is 17.6 Å². The molecule has 1 heterocycles. The molecule has 0 spiro atoms. The molecule has 1 unspecified atom stereocenters. The number of carboxylic acids is 1. The third-order valence-corrected chi connectivity index (χ3v) is 5.27. The van der Waals surface area contributed by atoms with E-state index in [1.165, 1.54) is 0 Å². The second-order valence-electron chi connectivity index (χ2n) is 6.34. The SMILES string of the molecule is O=C1NC(=O)C(Cc2ccc(C(=O)N[C@@H](Cc3ccccc3)C(=O)O)cc2)S1. The number of benzene rings is 2. The van der Waals surface area contributed by atoms with Crippen molar-refractivity contribution in [2.45, 2.75) is 24.1 Å². The summed E-state index contributed by atoms with van der Waals surface area (Å²) in [6.45, 7) is 0. The molecule has 3 amide bonds. The summed E-state index contributed by atoms with van der Waals surface area (Å²) in [6.07, 6.45) is 0.554. The Balaban J connectivity index is 1.62. The molecular formula is C20H18N2O5S. The largest absolute Gasteiger partial charge is 0.480 e. The van der Waals surface area contributed by atoms with E-state index in [0.29, 0.717) is 12.0 Å². The first-order valence-electron chi connectivity index (χ1n) is 8.60. The highest BCUT2D eigenvalue weighted by Gasteiger charge is 2.31. The second-order valence-corrected chi connectivity index (χ2v) is 7.51. The van der Waals surface area contributed by atoms with Gasteiger partial charge in [0.25, 0.3) is 11.1 Å². The molecule has 1 aliphatic rings. The number of thioether (sulfide) groups is 1. The van der Waals surface area contributed by atoms with E-state index < -0.39 is 23.2 Å². The van der Waals surface area contributed by atoms with Gasteiger partial charge in [-0.1, -0.05) is 54.2 Å². The summed E-state index contributed by atoms with van der Waals surface area (Å²) in [5, 5.41) is 13.3. The molecule has 0 aromatic heterocycles. The molecule has 1 saturated heterocycles. The van der Waals surface area contributed by atoms with Crippen LogP contribution in [0, 0.1) is 0 Å². The fraction of sp³-hybridized carbons (Fsp3) is 0.200. The monoisotopic (exact) mass is 398 g/mol. The number of aliphatic carboxylic acids is 1. The molecule has 0 saturated carbocycles. The summed E-state index contributed by atoms with van der Waals surface area (Å²) < 4.78 is 0. The van der Waals surface area contributed by atoms with E-state index in [4.69, 9.17) is 0 Å². The minimum absolute atomic E-state index is 0.183. The molecule has 3 N–H and O–H groups in total. The van der Waals surface area contributed by atoms with E-state index in [0.717, 1.165) is 22.9 Å². The number of carboxylic acid groups (broad SMARTS) is 1. The predicted octanol–water partition coefficient (Wildman–Crippen LogP) is 2.01. The third-order valence-electron chi connectivity index (χ3n) is 4.29. The minimum Gasteiger partial charge on any atom is -0.480 e. The van der Waals surface area contributed by atoms with Crippen LogP contribution < -0.4 is 10.6 Å². The topological polar surface area (TPSA) is 113 Å². The Kier molecular flexibility index (Phi) is 6.10. The third kappa shape index (κ3) is 4.98. The van der Waals surface area contributed by atoms with Crippen LogP contribution in [0.4, 0.5) is 4.79 Å². The van der Waals surface area contributed by atoms with Crippen LogP contribution in [0.25, 0.3) is 0 Å². The molecule has 28 heavy (non-hydrogen) atoms. The Bertz CT molecular complexity index is 899. The zero-order valence-corrected chi connectivity index (χ0v) is 15.6. The summed E-state index contributed by atoms with van der Waals surface area (Å²) in [5.41, 5.74) is 1.94. The molecule has 8 heteroatoms. The molecule has 2 atom stereocenters. The number of carbonyl (C=O) groups is 4. The van der Waals surface area contributed by atoms with Gasteiger partial charge in [-0.2, -0.15) is 0 Å². The van der Waals surface area contributed by atoms with Gasteiger partial charge in [0.15, 0.2) is 0 Å². The second kappa shape index (κ2) is 8.71. The lowest BCUT2D eigenvalue weighted by Gasteiger charge is -2.15. The van der Waals surface area contributed by atoms with Crippen molar-refractivity contribution in [3.05, 3.63) is 71.3 Å². The van der Waals surface area contributed by atoms with Crippen molar-refractivity contribution in [2.75, 3.05) is 0 Å². The zero-order chi connectivity index (χ0) is 20.1. The average molecular weight is 398 g/mol. The lowest BCUT2D eigenvalue weighted by atomic mass is 10.0. The van der Waals surface area contributed by atoms with E-state index >= 15 is 0 Å². The van der Waals surface area contributed by atoms with Gasteiger partial charge in [-0.3, -0.25) is 19.7 Å². The summed E-state index contributed by atoms with van der Waals surface area (Å²) in [6, 6.07) is 14.6. The van der Waals surface area contributed by atoms with Crippen LogP contribution in [0.5, 0.6) is 0 Å². The van der Waals surface area contributed by atoms with Crippen LogP contribution in [0.15, 0.2) is 54.6 Å². The predicted molar refractivity (Wildman–Crippen MR) is 104 cm³/mol. The van der Waals surface area contributed by atoms with Gasteiger partial charge in [-0.25, -0.2) is 4.79 Å². The molecule has 0 radical (unpaired) electrons. The highest BCUT2D eigenvalue weighted by atomic mass is 32.2. The van der Waals surface area contributed by atoms with Gasteiger partial charge < -0.3 is 10.4 Å². The minimum atomic E-state index is -1.11. The Hall–Kier alpha value is -3.13. The highest BCUT2D eigenvalue weighted by Crippen LogP contribution is 2.23. The maximum absolute atomic E-state index is 12.4. The van der Waals surface area contributed by atoms with Crippen molar-refractivity contribution in [1.82, 2.24) is 10.6 Å². The lowest BCUT2D eigenvalue weighted by molar-refractivity contribution is -0.139. The fourth-order valence-electron chi connectivity index (χ4n) is 2.83. The Morgan fingerprint density at radius 1 is 1.04 bits per heavy atom. The van der Waals surface area contributed by atoms with Crippen molar-refractivity contribution in [3.8, 4) is 0 Å². The van der Waals surface area contributed by atoms with Crippen molar-refractivity contribution in [1.29, 1.82) is 0 Å². The molecule has 0 bridgehead atoms. The summed E-state index contributed by atoms with van der Waals surface area (Å²) in [5.74, 6) is -1.91. The quantitative estimate of drug-likeness (QED) is 0.658. The molecule has 2 aromatic rings. The van der Waals surface area contributed by atoms with Gasteiger partial charge in [0.1, 0.15) is 6.04 Å². The molecule has 2 aromatic carbocycles. The number of hydrogen-bond donors (Lipinski definition) is 3. The van der Waals surface area contributed by atoms with Crippen LogP contribution in [-0.4, -0.2) is 39.4 Å². The summed E-state index contributed by atoms with van der Waals surface area (Å²) in [4.78, 5) is 46.7. The Morgan fingerprint density at radius 2 is 1.71 bits per heavy atom. The smallest absolute Gasteiger partial charge is 0.326 e. The average Bonchev–Trinajstić information content (AvgIpc) is 2.99. The van der Waals surface area contributed by atoms with E-state index in [1.807, 2.05) is 18.2 Å². The van der Waals surface area contributed by atoms with E-state index in [2.05, 4.69) is 10.6 Å². The van der Waals surface area contributed by atoms with E-state index in [9.17, 15) is 24.3 Å². The van der Waals surface area contributed by atoms with Gasteiger partial charge in [0.2, 0.25) is 5.91 Å². The molecule has 1 fully saturated rings. The first-order valence-corrected chi connectivity index (χ1v) is 9.48. The summed E-state index contributed by atoms with van der Waals surface area (Å²) >= 11 is 0.947. The fourth-order valence-corrected chi connectivity index (χ4v) is 3.69.